The van der Waals surface area contributed by atoms with Gasteiger partial charge in [0.25, 0.3) is 0 Å². The van der Waals surface area contributed by atoms with Crippen LogP contribution in [0, 0.1) is 10.1 Å². The molecule has 0 aliphatic carbocycles. The van der Waals surface area contributed by atoms with Crippen LogP contribution in [0.3, 0.4) is 0 Å². The van der Waals surface area contributed by atoms with E-state index in [0.717, 1.165) is 5.56 Å². The molecule has 2 N–H and O–H groups in total. The topological polar surface area (TPSA) is 84.6 Å². The van der Waals surface area contributed by atoms with E-state index >= 15 is 0 Å². The molecule has 1 aromatic rings. The molecular weight excluding hydrogens is 260 g/mol. The quantitative estimate of drug-likeness (QED) is 0.525. The van der Waals surface area contributed by atoms with Gasteiger partial charge in [0.1, 0.15) is 6.10 Å². The number of hydrogen-bond acceptors (Lipinski definition) is 5. The number of hydrogen-bond donors (Lipinski definition) is 2. The minimum Gasteiger partial charge on any atom is -0.385 e. The standard InChI is InChI=1S/C14H22N2O4/c1-3-15-14(13(17)9-16(18)19)11(2)20-10-12-7-5-4-6-8-12/h4-8,11,13-15,17H,3,9-10H2,1-2H3. The largest absolute Gasteiger partial charge is 0.385 e. The van der Waals surface area contributed by atoms with Gasteiger partial charge in [-0.25, -0.2) is 0 Å². The number of likely N-dealkylation sites (N-methyl/N-ethyl adjacent to an activating group) is 1. The Kier molecular flexibility index (Phi) is 7.14. The molecule has 0 aliphatic rings. The van der Waals surface area contributed by atoms with Crippen LogP contribution in [0.25, 0.3) is 0 Å². The van der Waals surface area contributed by atoms with Gasteiger partial charge in [-0.3, -0.25) is 10.1 Å². The molecule has 0 spiro atoms. The van der Waals surface area contributed by atoms with E-state index < -0.39 is 23.6 Å². The van der Waals surface area contributed by atoms with Gasteiger partial charge >= 0.3 is 0 Å². The summed E-state index contributed by atoms with van der Waals surface area (Å²) in [7, 11) is 0. The molecule has 0 bridgehead atoms. The van der Waals surface area contributed by atoms with Crippen LogP contribution in [-0.4, -0.2) is 41.4 Å². The lowest BCUT2D eigenvalue weighted by molar-refractivity contribution is -0.491. The average molecular weight is 282 g/mol. The van der Waals surface area contributed by atoms with Crippen LogP contribution in [0.1, 0.15) is 19.4 Å². The highest BCUT2D eigenvalue weighted by Crippen LogP contribution is 2.09. The van der Waals surface area contributed by atoms with Crippen LogP contribution in [0.2, 0.25) is 0 Å². The summed E-state index contributed by atoms with van der Waals surface area (Å²) in [6, 6.07) is 9.20. The van der Waals surface area contributed by atoms with Crippen molar-refractivity contribution in [1.29, 1.82) is 0 Å². The van der Waals surface area contributed by atoms with Gasteiger partial charge in [-0.15, -0.1) is 0 Å². The van der Waals surface area contributed by atoms with Gasteiger partial charge < -0.3 is 15.2 Å². The lowest BCUT2D eigenvalue weighted by atomic mass is 10.1. The van der Waals surface area contributed by atoms with Gasteiger partial charge in [-0.2, -0.15) is 0 Å². The minimum atomic E-state index is -1.07. The summed E-state index contributed by atoms with van der Waals surface area (Å²) >= 11 is 0. The molecular formula is C14H22N2O4. The third-order valence-corrected chi connectivity index (χ3v) is 3.05. The minimum absolute atomic E-state index is 0.329. The van der Waals surface area contributed by atoms with Crippen molar-refractivity contribution in [1.82, 2.24) is 5.32 Å². The molecule has 0 saturated heterocycles. The molecule has 0 heterocycles. The highest BCUT2D eigenvalue weighted by molar-refractivity contribution is 5.13. The number of benzene rings is 1. The van der Waals surface area contributed by atoms with Gasteiger partial charge in [0, 0.05) is 4.92 Å². The SMILES string of the molecule is CCNC(C(O)C[N+](=O)[O-])C(C)OCc1ccccc1. The molecule has 1 aromatic carbocycles. The summed E-state index contributed by atoms with van der Waals surface area (Å²) in [5.41, 5.74) is 1.03. The molecule has 6 nitrogen and oxygen atoms in total. The Balaban J connectivity index is 2.54. The van der Waals surface area contributed by atoms with E-state index in [0.29, 0.717) is 13.2 Å². The number of nitrogens with zero attached hydrogens (tertiary/aromatic N) is 1. The third kappa shape index (κ3) is 5.64. The molecule has 20 heavy (non-hydrogen) atoms. The van der Waals surface area contributed by atoms with Crippen molar-refractivity contribution in [3.8, 4) is 0 Å². The van der Waals surface area contributed by atoms with Gasteiger partial charge in [-0.1, -0.05) is 37.3 Å². The van der Waals surface area contributed by atoms with E-state index in [1.807, 2.05) is 37.3 Å². The van der Waals surface area contributed by atoms with Crippen molar-refractivity contribution < 1.29 is 14.8 Å². The fourth-order valence-corrected chi connectivity index (χ4v) is 2.02. The van der Waals surface area contributed by atoms with Gasteiger partial charge in [0.05, 0.1) is 18.8 Å². The van der Waals surface area contributed by atoms with Crippen molar-refractivity contribution in [3.05, 3.63) is 46.0 Å². The molecule has 0 saturated carbocycles. The van der Waals surface area contributed by atoms with E-state index in [9.17, 15) is 15.2 Å². The van der Waals surface area contributed by atoms with E-state index in [-0.39, 0.29) is 6.10 Å². The summed E-state index contributed by atoms with van der Waals surface area (Å²) in [5.74, 6) is 0. The summed E-state index contributed by atoms with van der Waals surface area (Å²) in [6.45, 7) is 4.22. The lowest BCUT2D eigenvalue weighted by Gasteiger charge is -2.27. The molecule has 0 fully saturated rings. The summed E-state index contributed by atoms with van der Waals surface area (Å²) in [6.07, 6.45) is -1.40. The van der Waals surface area contributed by atoms with Gasteiger partial charge in [0.2, 0.25) is 6.54 Å². The first kappa shape index (κ1) is 16.6. The maximum atomic E-state index is 10.5. The van der Waals surface area contributed by atoms with Crippen LogP contribution in [0.4, 0.5) is 0 Å². The number of rotatable bonds is 9. The zero-order valence-corrected chi connectivity index (χ0v) is 11.9. The van der Waals surface area contributed by atoms with E-state index in [2.05, 4.69) is 5.32 Å². The first-order valence-corrected chi connectivity index (χ1v) is 6.73. The van der Waals surface area contributed by atoms with Gasteiger partial charge in [-0.05, 0) is 19.0 Å². The zero-order valence-electron chi connectivity index (χ0n) is 11.9. The monoisotopic (exact) mass is 282 g/mol. The maximum absolute atomic E-state index is 10.5. The van der Waals surface area contributed by atoms with Crippen LogP contribution in [-0.2, 0) is 11.3 Å². The molecule has 112 valence electrons. The molecule has 1 rings (SSSR count). The van der Waals surface area contributed by atoms with E-state index in [1.165, 1.54) is 0 Å². The molecule has 0 radical (unpaired) electrons. The highest BCUT2D eigenvalue weighted by atomic mass is 16.6. The van der Waals surface area contributed by atoms with Gasteiger partial charge in [0.15, 0.2) is 0 Å². The summed E-state index contributed by atoms with van der Waals surface area (Å²) in [5, 5.41) is 23.4. The molecule has 3 unspecified atom stereocenters. The van der Waals surface area contributed by atoms with Crippen LogP contribution in [0.15, 0.2) is 30.3 Å². The second-order valence-corrected chi connectivity index (χ2v) is 4.67. The third-order valence-electron chi connectivity index (χ3n) is 3.05. The number of aliphatic hydroxyl groups excluding tert-OH is 1. The van der Waals surface area contributed by atoms with Crippen molar-refractivity contribution >= 4 is 0 Å². The molecule has 3 atom stereocenters. The molecule has 0 aliphatic heterocycles. The first-order chi connectivity index (χ1) is 9.54. The maximum Gasteiger partial charge on any atom is 0.231 e. The summed E-state index contributed by atoms with van der Waals surface area (Å²) in [4.78, 5) is 9.98. The predicted molar refractivity (Wildman–Crippen MR) is 76.0 cm³/mol. The van der Waals surface area contributed by atoms with Crippen LogP contribution in [0.5, 0.6) is 0 Å². The first-order valence-electron chi connectivity index (χ1n) is 6.73. The van der Waals surface area contributed by atoms with E-state index in [1.54, 1.807) is 6.92 Å². The Labute approximate surface area is 118 Å². The Bertz CT molecular complexity index is 399. The number of nitrogens with one attached hydrogen (secondary N) is 1. The fourth-order valence-electron chi connectivity index (χ4n) is 2.02. The number of aliphatic hydroxyl groups is 1. The lowest BCUT2D eigenvalue weighted by Crippen LogP contribution is -2.50. The van der Waals surface area contributed by atoms with Crippen LogP contribution >= 0.6 is 0 Å². The predicted octanol–water partition coefficient (Wildman–Crippen LogP) is 1.21. The van der Waals surface area contributed by atoms with Crippen molar-refractivity contribution in [2.75, 3.05) is 13.1 Å². The number of ether oxygens (including phenoxy) is 1. The zero-order chi connectivity index (χ0) is 15.0. The number of nitro groups is 1. The second-order valence-electron chi connectivity index (χ2n) is 4.67. The van der Waals surface area contributed by atoms with E-state index in [4.69, 9.17) is 4.74 Å². The summed E-state index contributed by atoms with van der Waals surface area (Å²) < 4.78 is 5.70. The Morgan fingerprint density at radius 3 is 2.60 bits per heavy atom. The smallest absolute Gasteiger partial charge is 0.231 e. The Hall–Kier alpha value is -1.50. The van der Waals surface area contributed by atoms with Crippen molar-refractivity contribution in [2.24, 2.45) is 0 Å². The van der Waals surface area contributed by atoms with Crippen molar-refractivity contribution in [3.63, 3.8) is 0 Å². The highest BCUT2D eigenvalue weighted by Gasteiger charge is 2.28. The molecule has 6 heteroatoms. The van der Waals surface area contributed by atoms with Crippen LogP contribution < -0.4 is 5.32 Å². The Morgan fingerprint density at radius 1 is 1.40 bits per heavy atom. The fraction of sp³-hybridized carbons (Fsp3) is 0.571. The molecule has 0 aromatic heterocycles. The molecule has 0 amide bonds. The normalized spacial score (nSPS) is 15.6. The van der Waals surface area contributed by atoms with Crippen molar-refractivity contribution in [2.45, 2.75) is 38.7 Å². The second kappa shape index (κ2) is 8.63. The average Bonchev–Trinajstić information content (AvgIpc) is 2.42. The Morgan fingerprint density at radius 2 is 2.05 bits per heavy atom.